The normalized spacial score (nSPS) is 14.2. The van der Waals surface area contributed by atoms with Gasteiger partial charge in [0.2, 0.25) is 5.91 Å². The van der Waals surface area contributed by atoms with E-state index in [2.05, 4.69) is 28.8 Å². The van der Waals surface area contributed by atoms with Crippen molar-refractivity contribution in [3.8, 4) is 0 Å². The van der Waals surface area contributed by atoms with E-state index >= 15 is 0 Å². The van der Waals surface area contributed by atoms with Gasteiger partial charge in [0.25, 0.3) is 0 Å². The van der Waals surface area contributed by atoms with Gasteiger partial charge >= 0.3 is 0 Å². The van der Waals surface area contributed by atoms with E-state index in [1.807, 2.05) is 0 Å². The largest absolute Gasteiger partial charge is 0.330 e. The lowest BCUT2D eigenvalue weighted by atomic mass is 10.1. The highest BCUT2D eigenvalue weighted by atomic mass is 32.2. The van der Waals surface area contributed by atoms with E-state index in [1.54, 1.807) is 11.8 Å². The van der Waals surface area contributed by atoms with Gasteiger partial charge in [-0.3, -0.25) is 4.79 Å². The molecule has 98 valence electrons. The average Bonchev–Trinajstić information content (AvgIpc) is 2.38. The van der Waals surface area contributed by atoms with Crippen LogP contribution in [-0.2, 0) is 11.2 Å². The summed E-state index contributed by atoms with van der Waals surface area (Å²) in [5.74, 6) is 0.609. The minimum absolute atomic E-state index is 0.0886. The summed E-state index contributed by atoms with van der Waals surface area (Å²) < 4.78 is 0. The molecule has 1 aromatic carbocycles. The molecule has 1 aromatic rings. The second kappa shape index (κ2) is 6.78. The molecule has 0 atom stereocenters. The van der Waals surface area contributed by atoms with Gasteiger partial charge in [-0.1, -0.05) is 6.07 Å². The molecule has 1 amide bonds. The molecule has 0 spiro atoms. The molecule has 5 heteroatoms. The van der Waals surface area contributed by atoms with E-state index in [0.29, 0.717) is 5.75 Å². The number of amides is 1. The Hall–Kier alpha value is -1.04. The Kier molecular flexibility index (Phi) is 5.04. The predicted molar refractivity (Wildman–Crippen MR) is 76.0 cm³/mol. The summed E-state index contributed by atoms with van der Waals surface area (Å²) in [7, 11) is 0. The lowest BCUT2D eigenvalue weighted by molar-refractivity contribution is -0.113. The predicted octanol–water partition coefficient (Wildman–Crippen LogP) is 1.21. The minimum atomic E-state index is 0.0886. The van der Waals surface area contributed by atoms with Crippen LogP contribution in [0.5, 0.6) is 0 Å². The fourth-order valence-corrected chi connectivity index (χ4v) is 2.66. The van der Waals surface area contributed by atoms with Crippen LogP contribution in [-0.4, -0.2) is 31.3 Å². The third-order valence-electron chi connectivity index (χ3n) is 2.82. The number of hydrogen-bond donors (Lipinski definition) is 3. The first-order valence-corrected chi connectivity index (χ1v) is 7.24. The SMILES string of the molecule is NCCCNCCc1ccc2c(c1)NC(=O)CS2. The molecule has 0 saturated heterocycles. The van der Waals surface area contributed by atoms with Crippen LogP contribution >= 0.6 is 11.8 Å². The molecule has 2 rings (SSSR count). The molecular formula is C13H19N3OS. The zero-order chi connectivity index (χ0) is 12.8. The summed E-state index contributed by atoms with van der Waals surface area (Å²) in [5, 5.41) is 6.27. The third kappa shape index (κ3) is 3.73. The standard InChI is InChI=1S/C13H19N3OS/c14-5-1-6-15-7-4-10-2-3-12-11(8-10)16-13(17)9-18-12/h2-3,8,15H,1,4-7,9,14H2,(H,16,17). The van der Waals surface area contributed by atoms with Gasteiger partial charge in [-0.2, -0.15) is 0 Å². The number of fused-ring (bicyclic) bond motifs is 1. The van der Waals surface area contributed by atoms with Crippen molar-refractivity contribution < 1.29 is 4.79 Å². The highest BCUT2D eigenvalue weighted by Gasteiger charge is 2.14. The summed E-state index contributed by atoms with van der Waals surface area (Å²) in [6.45, 7) is 2.64. The van der Waals surface area contributed by atoms with Crippen LogP contribution in [0.1, 0.15) is 12.0 Å². The number of anilines is 1. The summed E-state index contributed by atoms with van der Waals surface area (Å²) in [4.78, 5) is 12.5. The van der Waals surface area contributed by atoms with Crippen molar-refractivity contribution in [2.24, 2.45) is 5.73 Å². The third-order valence-corrected chi connectivity index (χ3v) is 3.90. The first-order valence-electron chi connectivity index (χ1n) is 6.26. The molecule has 1 aliphatic heterocycles. The van der Waals surface area contributed by atoms with E-state index in [9.17, 15) is 4.79 Å². The van der Waals surface area contributed by atoms with E-state index in [1.165, 1.54) is 5.56 Å². The second-order valence-electron chi connectivity index (χ2n) is 4.31. The van der Waals surface area contributed by atoms with E-state index in [4.69, 9.17) is 5.73 Å². The maximum atomic E-state index is 11.3. The number of benzene rings is 1. The molecule has 0 fully saturated rings. The number of thioether (sulfide) groups is 1. The number of hydrogen-bond acceptors (Lipinski definition) is 4. The van der Waals surface area contributed by atoms with Crippen LogP contribution in [0.3, 0.4) is 0 Å². The number of nitrogens with one attached hydrogen (secondary N) is 2. The minimum Gasteiger partial charge on any atom is -0.330 e. The van der Waals surface area contributed by atoms with Gasteiger partial charge < -0.3 is 16.4 Å². The van der Waals surface area contributed by atoms with E-state index < -0.39 is 0 Å². The quantitative estimate of drug-likeness (QED) is 0.676. The number of rotatable bonds is 6. The molecular weight excluding hydrogens is 246 g/mol. The van der Waals surface area contributed by atoms with Crippen LogP contribution in [0.4, 0.5) is 5.69 Å². The molecule has 4 N–H and O–H groups in total. The van der Waals surface area contributed by atoms with E-state index in [-0.39, 0.29) is 5.91 Å². The Labute approximate surface area is 112 Å². The van der Waals surface area contributed by atoms with Crippen LogP contribution < -0.4 is 16.4 Å². The number of carbonyl (C=O) groups is 1. The molecule has 0 aromatic heterocycles. The average molecular weight is 265 g/mol. The van der Waals surface area contributed by atoms with Crippen molar-refractivity contribution in [2.75, 3.05) is 30.7 Å². The van der Waals surface area contributed by atoms with Gasteiger partial charge in [0.05, 0.1) is 11.4 Å². The van der Waals surface area contributed by atoms with Crippen LogP contribution in [0.15, 0.2) is 23.1 Å². The van der Waals surface area contributed by atoms with Gasteiger partial charge in [0, 0.05) is 4.90 Å². The van der Waals surface area contributed by atoms with Crippen molar-refractivity contribution in [3.63, 3.8) is 0 Å². The van der Waals surface area contributed by atoms with Gasteiger partial charge in [-0.05, 0) is 50.2 Å². The molecule has 4 nitrogen and oxygen atoms in total. The highest BCUT2D eigenvalue weighted by Crippen LogP contribution is 2.31. The summed E-state index contributed by atoms with van der Waals surface area (Å²) in [6.07, 6.45) is 1.98. The van der Waals surface area contributed by atoms with E-state index in [0.717, 1.165) is 43.1 Å². The Morgan fingerprint density at radius 1 is 1.39 bits per heavy atom. The smallest absolute Gasteiger partial charge is 0.234 e. The summed E-state index contributed by atoms with van der Waals surface area (Å²) in [6, 6.07) is 6.30. The number of carbonyl (C=O) groups excluding carboxylic acids is 1. The van der Waals surface area contributed by atoms with Gasteiger partial charge in [0.1, 0.15) is 0 Å². The lowest BCUT2D eigenvalue weighted by Crippen LogP contribution is -2.21. The molecule has 18 heavy (non-hydrogen) atoms. The van der Waals surface area contributed by atoms with Crippen molar-refractivity contribution in [2.45, 2.75) is 17.7 Å². The zero-order valence-electron chi connectivity index (χ0n) is 10.4. The Balaban J connectivity index is 1.86. The molecule has 0 aliphatic carbocycles. The molecule has 1 heterocycles. The highest BCUT2D eigenvalue weighted by molar-refractivity contribution is 8.00. The molecule has 0 saturated carbocycles. The van der Waals surface area contributed by atoms with Crippen molar-refractivity contribution in [1.82, 2.24) is 5.32 Å². The first-order chi connectivity index (χ1) is 8.79. The molecule has 0 radical (unpaired) electrons. The van der Waals surface area contributed by atoms with Gasteiger partial charge in [0.15, 0.2) is 0 Å². The molecule has 0 unspecified atom stereocenters. The number of nitrogens with two attached hydrogens (primary N) is 1. The Morgan fingerprint density at radius 2 is 2.28 bits per heavy atom. The summed E-state index contributed by atoms with van der Waals surface area (Å²) >= 11 is 1.60. The van der Waals surface area contributed by atoms with Crippen LogP contribution in [0.2, 0.25) is 0 Å². The zero-order valence-corrected chi connectivity index (χ0v) is 11.2. The molecule has 1 aliphatic rings. The maximum absolute atomic E-state index is 11.3. The first kappa shape index (κ1) is 13.4. The Morgan fingerprint density at radius 3 is 3.11 bits per heavy atom. The fourth-order valence-electron chi connectivity index (χ4n) is 1.87. The van der Waals surface area contributed by atoms with Gasteiger partial charge in [-0.25, -0.2) is 0 Å². The fraction of sp³-hybridized carbons (Fsp3) is 0.462. The lowest BCUT2D eigenvalue weighted by Gasteiger charge is -2.17. The molecule has 0 bridgehead atoms. The Bertz CT molecular complexity index is 423. The van der Waals surface area contributed by atoms with Gasteiger partial charge in [-0.15, -0.1) is 11.8 Å². The van der Waals surface area contributed by atoms with Crippen LogP contribution in [0, 0.1) is 0 Å². The van der Waals surface area contributed by atoms with Crippen molar-refractivity contribution in [1.29, 1.82) is 0 Å². The van der Waals surface area contributed by atoms with Crippen molar-refractivity contribution >= 4 is 23.4 Å². The van der Waals surface area contributed by atoms with Crippen molar-refractivity contribution in [3.05, 3.63) is 23.8 Å². The second-order valence-corrected chi connectivity index (χ2v) is 5.33. The monoisotopic (exact) mass is 265 g/mol. The topological polar surface area (TPSA) is 67.2 Å². The van der Waals surface area contributed by atoms with Crippen LogP contribution in [0.25, 0.3) is 0 Å². The maximum Gasteiger partial charge on any atom is 0.234 e. The summed E-state index contributed by atoms with van der Waals surface area (Å²) in [5.41, 5.74) is 7.63.